The van der Waals surface area contributed by atoms with Crippen molar-refractivity contribution in [2.75, 3.05) is 0 Å². The molecule has 0 radical (unpaired) electrons. The molecule has 0 amide bonds. The van der Waals surface area contributed by atoms with Crippen LogP contribution in [-0.2, 0) is 0 Å². The molecule has 0 unspecified atom stereocenters. The highest BCUT2D eigenvalue weighted by atomic mass is 35.5. The Morgan fingerprint density at radius 1 is 0.895 bits per heavy atom. The molecule has 1 aromatic carbocycles. The number of fused-ring (bicyclic) bond motifs is 1. The maximum Gasteiger partial charge on any atom is 0.164 e. The summed E-state index contributed by atoms with van der Waals surface area (Å²) >= 11 is 17.9. The molecular weight excluding hydrogens is 305 g/mol. The van der Waals surface area contributed by atoms with Gasteiger partial charge in [0.05, 0.1) is 10.5 Å². The maximum atomic E-state index is 6.15. The van der Waals surface area contributed by atoms with Crippen molar-refractivity contribution in [3.05, 3.63) is 51.9 Å². The molecule has 0 fully saturated rings. The highest BCUT2D eigenvalue weighted by Crippen LogP contribution is 2.30. The minimum Gasteiger partial charge on any atom is -0.255 e. The molecule has 0 aliphatic heterocycles. The molecular formula is C13H6Cl3N3. The fraction of sp³-hybridized carbons (Fsp3) is 0. The van der Waals surface area contributed by atoms with E-state index in [0.29, 0.717) is 16.4 Å². The highest BCUT2D eigenvalue weighted by Gasteiger charge is 2.11. The van der Waals surface area contributed by atoms with E-state index in [1.807, 2.05) is 12.1 Å². The molecule has 0 spiro atoms. The molecule has 0 aliphatic carbocycles. The van der Waals surface area contributed by atoms with Crippen molar-refractivity contribution < 1.29 is 0 Å². The number of benzene rings is 1. The Kier molecular flexibility index (Phi) is 3.27. The lowest BCUT2D eigenvalue weighted by Crippen LogP contribution is -1.92. The van der Waals surface area contributed by atoms with Crippen LogP contribution in [0, 0.1) is 0 Å². The van der Waals surface area contributed by atoms with Gasteiger partial charge in [-0.1, -0.05) is 34.8 Å². The van der Waals surface area contributed by atoms with Crippen LogP contribution in [0.4, 0.5) is 0 Å². The maximum absolute atomic E-state index is 6.15. The zero-order valence-corrected chi connectivity index (χ0v) is 11.7. The SMILES string of the molecule is Clc1cc(Cl)nc(-c2ccc(Cl)c3cccnc23)n1. The van der Waals surface area contributed by atoms with Crippen LogP contribution in [0.3, 0.4) is 0 Å². The zero-order valence-electron chi connectivity index (χ0n) is 9.44. The van der Waals surface area contributed by atoms with E-state index in [9.17, 15) is 0 Å². The number of pyridine rings is 1. The Bertz CT molecular complexity index is 754. The Labute approximate surface area is 124 Å². The summed E-state index contributed by atoms with van der Waals surface area (Å²) in [6.07, 6.45) is 1.69. The van der Waals surface area contributed by atoms with Crippen LogP contribution >= 0.6 is 34.8 Å². The van der Waals surface area contributed by atoms with E-state index in [-0.39, 0.29) is 10.3 Å². The molecule has 94 valence electrons. The van der Waals surface area contributed by atoms with Gasteiger partial charge >= 0.3 is 0 Å². The molecule has 2 heterocycles. The second-order valence-electron chi connectivity index (χ2n) is 3.83. The van der Waals surface area contributed by atoms with E-state index in [2.05, 4.69) is 15.0 Å². The molecule has 19 heavy (non-hydrogen) atoms. The second-order valence-corrected chi connectivity index (χ2v) is 5.01. The van der Waals surface area contributed by atoms with Crippen LogP contribution in [0.25, 0.3) is 22.3 Å². The Hall–Kier alpha value is -1.42. The summed E-state index contributed by atoms with van der Waals surface area (Å²) in [5.41, 5.74) is 1.46. The number of hydrogen-bond donors (Lipinski definition) is 0. The van der Waals surface area contributed by atoms with E-state index < -0.39 is 0 Å². The van der Waals surface area contributed by atoms with E-state index in [1.54, 1.807) is 18.3 Å². The number of rotatable bonds is 1. The van der Waals surface area contributed by atoms with Crippen molar-refractivity contribution >= 4 is 45.7 Å². The van der Waals surface area contributed by atoms with Gasteiger partial charge < -0.3 is 0 Å². The average Bonchev–Trinajstić information content (AvgIpc) is 2.38. The van der Waals surface area contributed by atoms with Crippen molar-refractivity contribution in [1.29, 1.82) is 0 Å². The third kappa shape index (κ3) is 2.37. The van der Waals surface area contributed by atoms with Gasteiger partial charge in [0.1, 0.15) is 10.3 Å². The fourth-order valence-corrected chi connectivity index (χ4v) is 2.47. The Morgan fingerprint density at radius 2 is 1.63 bits per heavy atom. The first-order chi connectivity index (χ1) is 9.15. The van der Waals surface area contributed by atoms with Gasteiger partial charge in [-0.15, -0.1) is 0 Å². The molecule has 0 saturated heterocycles. The molecule has 0 atom stereocenters. The average molecular weight is 311 g/mol. The van der Waals surface area contributed by atoms with Crippen molar-refractivity contribution in [2.45, 2.75) is 0 Å². The Morgan fingerprint density at radius 3 is 2.37 bits per heavy atom. The summed E-state index contributed by atoms with van der Waals surface area (Å²) < 4.78 is 0. The number of aromatic nitrogens is 3. The molecule has 3 nitrogen and oxygen atoms in total. The third-order valence-electron chi connectivity index (χ3n) is 2.62. The lowest BCUT2D eigenvalue weighted by Gasteiger charge is -2.06. The molecule has 2 aromatic heterocycles. The topological polar surface area (TPSA) is 38.7 Å². The zero-order chi connectivity index (χ0) is 13.4. The smallest absolute Gasteiger partial charge is 0.164 e. The minimum atomic E-state index is 0.286. The van der Waals surface area contributed by atoms with E-state index >= 15 is 0 Å². The number of nitrogens with zero attached hydrogens (tertiary/aromatic N) is 3. The van der Waals surface area contributed by atoms with Crippen LogP contribution in [0.2, 0.25) is 15.3 Å². The molecule has 0 bridgehead atoms. The molecule has 3 rings (SSSR count). The number of hydrogen-bond acceptors (Lipinski definition) is 3. The van der Waals surface area contributed by atoms with Crippen LogP contribution in [0.5, 0.6) is 0 Å². The summed E-state index contributed by atoms with van der Waals surface area (Å²) in [7, 11) is 0. The lowest BCUT2D eigenvalue weighted by atomic mass is 10.1. The molecule has 6 heteroatoms. The van der Waals surface area contributed by atoms with Gasteiger partial charge in [0, 0.05) is 23.2 Å². The normalized spacial score (nSPS) is 10.9. The standard InChI is InChI=1S/C13H6Cl3N3/c14-9-4-3-8(12-7(9)2-1-5-17-12)13-18-10(15)6-11(16)19-13/h1-6H. The van der Waals surface area contributed by atoms with Gasteiger partial charge in [-0.2, -0.15) is 0 Å². The van der Waals surface area contributed by atoms with Crippen molar-refractivity contribution in [1.82, 2.24) is 15.0 Å². The highest BCUT2D eigenvalue weighted by molar-refractivity contribution is 6.36. The summed E-state index contributed by atoms with van der Waals surface area (Å²) in [6, 6.07) is 8.78. The molecule has 0 saturated carbocycles. The minimum absolute atomic E-state index is 0.286. The van der Waals surface area contributed by atoms with Gasteiger partial charge in [-0.3, -0.25) is 4.98 Å². The molecule has 0 aliphatic rings. The van der Waals surface area contributed by atoms with Crippen LogP contribution < -0.4 is 0 Å². The fourth-order valence-electron chi connectivity index (χ4n) is 1.83. The summed E-state index contributed by atoms with van der Waals surface area (Å²) in [6.45, 7) is 0. The van der Waals surface area contributed by atoms with Crippen LogP contribution in [0.15, 0.2) is 36.5 Å². The van der Waals surface area contributed by atoms with Gasteiger partial charge in [0.15, 0.2) is 5.82 Å². The van der Waals surface area contributed by atoms with E-state index in [0.717, 1.165) is 10.9 Å². The predicted octanol–water partition coefficient (Wildman–Crippen LogP) is 4.65. The van der Waals surface area contributed by atoms with Crippen LogP contribution in [-0.4, -0.2) is 15.0 Å². The number of halogens is 3. The Balaban J connectivity index is 2.34. The van der Waals surface area contributed by atoms with Gasteiger partial charge in [0.25, 0.3) is 0 Å². The summed E-state index contributed by atoms with van der Waals surface area (Å²) in [4.78, 5) is 12.7. The lowest BCUT2D eigenvalue weighted by molar-refractivity contribution is 1.18. The third-order valence-corrected chi connectivity index (χ3v) is 3.34. The molecule has 0 N–H and O–H groups in total. The largest absolute Gasteiger partial charge is 0.255 e. The van der Waals surface area contributed by atoms with Crippen LogP contribution in [0.1, 0.15) is 0 Å². The van der Waals surface area contributed by atoms with Gasteiger partial charge in [-0.05, 0) is 24.3 Å². The second kappa shape index (κ2) is 4.93. The quantitative estimate of drug-likeness (QED) is 0.614. The van der Waals surface area contributed by atoms with Crippen molar-refractivity contribution in [2.24, 2.45) is 0 Å². The predicted molar refractivity (Wildman–Crippen MR) is 77.8 cm³/mol. The molecule has 3 aromatic rings. The first-order valence-corrected chi connectivity index (χ1v) is 6.52. The summed E-state index contributed by atoms with van der Waals surface area (Å²) in [5.74, 6) is 0.429. The summed E-state index contributed by atoms with van der Waals surface area (Å²) in [5, 5.41) is 2.03. The van der Waals surface area contributed by atoms with E-state index in [1.165, 1.54) is 6.07 Å². The van der Waals surface area contributed by atoms with E-state index in [4.69, 9.17) is 34.8 Å². The van der Waals surface area contributed by atoms with Crippen molar-refractivity contribution in [3.8, 4) is 11.4 Å². The van der Waals surface area contributed by atoms with Gasteiger partial charge in [0.2, 0.25) is 0 Å². The van der Waals surface area contributed by atoms with Crippen molar-refractivity contribution in [3.63, 3.8) is 0 Å². The first kappa shape index (κ1) is 12.6. The van der Waals surface area contributed by atoms with Gasteiger partial charge in [-0.25, -0.2) is 9.97 Å². The monoisotopic (exact) mass is 309 g/mol. The first-order valence-electron chi connectivity index (χ1n) is 5.39.